The monoisotopic (exact) mass is 228 g/mol. The van der Waals surface area contributed by atoms with Crippen LogP contribution in [0, 0.1) is 11.8 Å². The predicted octanol–water partition coefficient (Wildman–Crippen LogP) is 0.591. The third kappa shape index (κ3) is 3.46. The van der Waals surface area contributed by atoms with Gasteiger partial charge in [-0.05, 0) is 25.7 Å². The lowest BCUT2D eigenvalue weighted by Crippen LogP contribution is -2.40. The van der Waals surface area contributed by atoms with Crippen molar-refractivity contribution in [1.82, 2.24) is 4.90 Å². The van der Waals surface area contributed by atoms with Crippen LogP contribution in [0.15, 0.2) is 0 Å². The van der Waals surface area contributed by atoms with Gasteiger partial charge in [0.15, 0.2) is 0 Å². The summed E-state index contributed by atoms with van der Waals surface area (Å²) in [6.45, 7) is 7.46. The highest BCUT2D eigenvalue weighted by molar-refractivity contribution is 5.79. The van der Waals surface area contributed by atoms with Gasteiger partial charge in [-0.2, -0.15) is 0 Å². The van der Waals surface area contributed by atoms with Crippen molar-refractivity contribution in [3.05, 3.63) is 0 Å². The van der Waals surface area contributed by atoms with E-state index in [0.717, 1.165) is 6.42 Å². The molecule has 0 spiro atoms. The maximum Gasteiger partial charge on any atom is 0.227 e. The van der Waals surface area contributed by atoms with Crippen LogP contribution in [-0.4, -0.2) is 41.1 Å². The first kappa shape index (κ1) is 13.5. The second-order valence-electron chi connectivity index (χ2n) is 5.57. The summed E-state index contributed by atoms with van der Waals surface area (Å²) in [5.41, 5.74) is 4.93. The van der Waals surface area contributed by atoms with Crippen molar-refractivity contribution in [2.24, 2.45) is 17.6 Å². The van der Waals surface area contributed by atoms with Crippen LogP contribution in [0.5, 0.6) is 0 Å². The topological polar surface area (TPSA) is 66.6 Å². The molecule has 0 bridgehead atoms. The molecule has 1 aliphatic heterocycles. The molecule has 94 valence electrons. The van der Waals surface area contributed by atoms with Gasteiger partial charge in [0.1, 0.15) is 0 Å². The van der Waals surface area contributed by atoms with Gasteiger partial charge < -0.3 is 15.7 Å². The molecule has 4 heteroatoms. The Morgan fingerprint density at radius 1 is 1.56 bits per heavy atom. The van der Waals surface area contributed by atoms with Crippen LogP contribution in [-0.2, 0) is 4.79 Å². The summed E-state index contributed by atoms with van der Waals surface area (Å²) < 4.78 is 0. The van der Waals surface area contributed by atoms with Crippen molar-refractivity contribution in [3.63, 3.8) is 0 Å². The molecule has 1 heterocycles. The Balaban J connectivity index is 2.56. The van der Waals surface area contributed by atoms with Crippen molar-refractivity contribution >= 4 is 5.91 Å². The number of hydrogen-bond acceptors (Lipinski definition) is 3. The Morgan fingerprint density at radius 2 is 2.19 bits per heavy atom. The van der Waals surface area contributed by atoms with Gasteiger partial charge in [-0.3, -0.25) is 4.79 Å². The fraction of sp³-hybridized carbons (Fsp3) is 0.917. The van der Waals surface area contributed by atoms with Crippen LogP contribution in [0.3, 0.4) is 0 Å². The van der Waals surface area contributed by atoms with Crippen molar-refractivity contribution in [2.45, 2.75) is 39.2 Å². The van der Waals surface area contributed by atoms with Gasteiger partial charge in [0.2, 0.25) is 5.91 Å². The summed E-state index contributed by atoms with van der Waals surface area (Å²) in [6, 6.07) is 0. The Hall–Kier alpha value is -0.610. The van der Waals surface area contributed by atoms with Gasteiger partial charge in [0.25, 0.3) is 0 Å². The van der Waals surface area contributed by atoms with Gasteiger partial charge in [0.05, 0.1) is 11.5 Å². The molecule has 2 atom stereocenters. The summed E-state index contributed by atoms with van der Waals surface area (Å²) >= 11 is 0. The van der Waals surface area contributed by atoms with E-state index in [0.29, 0.717) is 32.0 Å². The molecule has 0 aromatic rings. The number of β-amino-alcohol motifs (C(OH)–C–C–N with tert-alkyl or cyclic N) is 1. The van der Waals surface area contributed by atoms with E-state index in [1.807, 2.05) is 0 Å². The maximum atomic E-state index is 12.1. The largest absolute Gasteiger partial charge is 0.388 e. The molecule has 0 radical (unpaired) electrons. The van der Waals surface area contributed by atoms with E-state index >= 15 is 0 Å². The first-order valence-electron chi connectivity index (χ1n) is 6.07. The van der Waals surface area contributed by atoms with Crippen LogP contribution >= 0.6 is 0 Å². The summed E-state index contributed by atoms with van der Waals surface area (Å²) in [7, 11) is 0. The first-order valence-corrected chi connectivity index (χ1v) is 6.07. The quantitative estimate of drug-likeness (QED) is 0.740. The fourth-order valence-electron chi connectivity index (χ4n) is 2.26. The highest BCUT2D eigenvalue weighted by Crippen LogP contribution is 2.23. The molecule has 1 amide bonds. The number of nitrogens with zero attached hydrogens (tertiary/aromatic N) is 1. The number of likely N-dealkylation sites (tertiary alicyclic amines) is 1. The lowest BCUT2D eigenvalue weighted by molar-refractivity contribution is -0.135. The zero-order valence-electron chi connectivity index (χ0n) is 10.6. The normalized spacial score (nSPS) is 27.5. The SMILES string of the molecule is CC(C)CC(CN)C(=O)N1CCC(C)(O)C1. The first-order chi connectivity index (χ1) is 7.35. The average Bonchev–Trinajstić information content (AvgIpc) is 2.54. The Labute approximate surface area is 97.8 Å². The lowest BCUT2D eigenvalue weighted by atomic mass is 9.96. The third-order valence-corrected chi connectivity index (χ3v) is 3.15. The Kier molecular flexibility index (Phi) is 4.33. The minimum absolute atomic E-state index is 0.0890. The van der Waals surface area contributed by atoms with E-state index in [-0.39, 0.29) is 11.8 Å². The Morgan fingerprint density at radius 3 is 2.56 bits per heavy atom. The predicted molar refractivity (Wildman–Crippen MR) is 63.8 cm³/mol. The van der Waals surface area contributed by atoms with Crippen LogP contribution in [0.1, 0.15) is 33.6 Å². The highest BCUT2D eigenvalue weighted by Gasteiger charge is 2.36. The number of carbonyl (C=O) groups is 1. The molecular formula is C12H24N2O2. The van der Waals surface area contributed by atoms with E-state index in [9.17, 15) is 9.90 Å². The van der Waals surface area contributed by atoms with Gasteiger partial charge in [-0.1, -0.05) is 13.8 Å². The van der Waals surface area contributed by atoms with E-state index in [1.54, 1.807) is 11.8 Å². The van der Waals surface area contributed by atoms with Crippen molar-refractivity contribution in [2.75, 3.05) is 19.6 Å². The molecule has 0 aromatic heterocycles. The van der Waals surface area contributed by atoms with E-state index < -0.39 is 5.60 Å². The molecule has 0 saturated carbocycles. The zero-order valence-corrected chi connectivity index (χ0v) is 10.6. The van der Waals surface area contributed by atoms with Crippen molar-refractivity contribution in [3.8, 4) is 0 Å². The van der Waals surface area contributed by atoms with Crippen LogP contribution in [0.4, 0.5) is 0 Å². The molecule has 0 aliphatic carbocycles. The van der Waals surface area contributed by atoms with Crippen LogP contribution in [0.2, 0.25) is 0 Å². The van der Waals surface area contributed by atoms with Gasteiger partial charge in [-0.25, -0.2) is 0 Å². The second-order valence-corrected chi connectivity index (χ2v) is 5.57. The average molecular weight is 228 g/mol. The smallest absolute Gasteiger partial charge is 0.227 e. The molecule has 0 aromatic carbocycles. The summed E-state index contributed by atoms with van der Waals surface area (Å²) in [5.74, 6) is 0.489. The highest BCUT2D eigenvalue weighted by atomic mass is 16.3. The minimum atomic E-state index is -0.716. The van der Waals surface area contributed by atoms with Gasteiger partial charge in [0, 0.05) is 19.6 Å². The molecule has 1 saturated heterocycles. The molecular weight excluding hydrogens is 204 g/mol. The van der Waals surface area contributed by atoms with Crippen molar-refractivity contribution in [1.29, 1.82) is 0 Å². The van der Waals surface area contributed by atoms with Gasteiger partial charge in [-0.15, -0.1) is 0 Å². The molecule has 3 N–H and O–H groups in total. The number of aliphatic hydroxyl groups is 1. The van der Waals surface area contributed by atoms with Crippen LogP contribution < -0.4 is 5.73 Å². The fourth-order valence-corrected chi connectivity index (χ4v) is 2.26. The molecule has 2 unspecified atom stereocenters. The summed E-state index contributed by atoms with van der Waals surface area (Å²) in [6.07, 6.45) is 1.49. The number of hydrogen-bond donors (Lipinski definition) is 2. The summed E-state index contributed by atoms with van der Waals surface area (Å²) in [4.78, 5) is 13.9. The van der Waals surface area contributed by atoms with Crippen molar-refractivity contribution < 1.29 is 9.90 Å². The molecule has 1 rings (SSSR count). The number of rotatable bonds is 4. The minimum Gasteiger partial charge on any atom is -0.388 e. The number of carbonyl (C=O) groups excluding carboxylic acids is 1. The lowest BCUT2D eigenvalue weighted by Gasteiger charge is -2.24. The maximum absolute atomic E-state index is 12.1. The molecule has 16 heavy (non-hydrogen) atoms. The molecule has 1 aliphatic rings. The standard InChI is InChI=1S/C12H24N2O2/c1-9(2)6-10(7-13)11(15)14-5-4-12(3,16)8-14/h9-10,16H,4-8,13H2,1-3H3. The number of nitrogens with two attached hydrogens (primary N) is 1. The van der Waals surface area contributed by atoms with E-state index in [4.69, 9.17) is 5.73 Å². The van der Waals surface area contributed by atoms with E-state index in [2.05, 4.69) is 13.8 Å². The van der Waals surface area contributed by atoms with Crippen LogP contribution in [0.25, 0.3) is 0 Å². The Bertz CT molecular complexity index is 247. The number of amides is 1. The molecule has 4 nitrogen and oxygen atoms in total. The summed E-state index contributed by atoms with van der Waals surface area (Å²) in [5, 5.41) is 9.82. The molecule has 1 fully saturated rings. The third-order valence-electron chi connectivity index (χ3n) is 3.15. The van der Waals surface area contributed by atoms with E-state index in [1.165, 1.54) is 0 Å². The zero-order chi connectivity index (χ0) is 12.3. The van der Waals surface area contributed by atoms with Gasteiger partial charge >= 0.3 is 0 Å². The second kappa shape index (κ2) is 5.15.